The summed E-state index contributed by atoms with van der Waals surface area (Å²) >= 11 is 6.52. The van der Waals surface area contributed by atoms with Crippen LogP contribution >= 0.6 is 11.6 Å². The highest BCUT2D eigenvalue weighted by Crippen LogP contribution is 2.30. The Labute approximate surface area is 139 Å². The quantitative estimate of drug-likeness (QED) is 0.639. The van der Waals surface area contributed by atoms with Gasteiger partial charge in [0.25, 0.3) is 0 Å². The van der Waals surface area contributed by atoms with Crippen molar-refractivity contribution >= 4 is 22.6 Å². The molecule has 3 aromatic rings. The van der Waals surface area contributed by atoms with Crippen molar-refractivity contribution < 1.29 is 9.15 Å². The Morgan fingerprint density at radius 1 is 0.913 bits per heavy atom. The maximum Gasteiger partial charge on any atom is 0.369 e. The zero-order valence-corrected chi connectivity index (χ0v) is 13.4. The molecule has 0 N–H and O–H groups in total. The van der Waals surface area contributed by atoms with Gasteiger partial charge in [-0.3, -0.25) is 0 Å². The molecule has 1 saturated heterocycles. The molecule has 0 unspecified atom stereocenters. The molecule has 0 saturated carbocycles. The molecule has 2 heterocycles. The summed E-state index contributed by atoms with van der Waals surface area (Å²) in [4.78, 5) is 0. The summed E-state index contributed by atoms with van der Waals surface area (Å²) < 4.78 is 13.8. The standard InChI is InChI=1S/C19H17ClNO2/c20-17-13-18(21-9-11-22-12-10-21)23-19-15(7-4-8-16(17)19)14-5-2-1-3-6-14/h1-8,13H,9-12H2/q+1. The lowest BCUT2D eigenvalue weighted by Crippen LogP contribution is -2.39. The van der Waals surface area contributed by atoms with Crippen LogP contribution in [0.4, 0.5) is 0 Å². The number of morpholine rings is 1. The molecule has 1 aliphatic rings. The van der Waals surface area contributed by atoms with Gasteiger partial charge in [-0.15, -0.1) is 0 Å². The molecule has 2 aromatic carbocycles. The van der Waals surface area contributed by atoms with E-state index in [0.717, 1.165) is 40.7 Å². The molecule has 3 nitrogen and oxygen atoms in total. The highest BCUT2D eigenvalue weighted by molar-refractivity contribution is 6.35. The maximum absolute atomic E-state index is 6.52. The van der Waals surface area contributed by atoms with Crippen molar-refractivity contribution in [2.75, 3.05) is 26.3 Å². The van der Waals surface area contributed by atoms with E-state index in [1.54, 1.807) is 0 Å². The minimum atomic E-state index is 0.713. The first-order valence-corrected chi connectivity index (χ1v) is 8.14. The van der Waals surface area contributed by atoms with Gasteiger partial charge >= 0.3 is 5.55 Å². The Hall–Kier alpha value is -2.10. The molecule has 4 heteroatoms. The number of nitrogens with zero attached hydrogens (tertiary/aromatic N) is 1. The van der Waals surface area contributed by atoms with Crippen molar-refractivity contribution in [3.63, 3.8) is 0 Å². The molecule has 1 fully saturated rings. The molecule has 1 aromatic heterocycles. The Bertz CT molecular complexity index is 908. The first-order chi connectivity index (χ1) is 11.3. The maximum atomic E-state index is 6.52. The summed E-state index contributed by atoms with van der Waals surface area (Å²) in [6.07, 6.45) is 0. The third kappa shape index (κ3) is 2.78. The van der Waals surface area contributed by atoms with Crippen LogP contribution in [0.2, 0.25) is 5.02 Å². The van der Waals surface area contributed by atoms with E-state index in [2.05, 4.69) is 22.8 Å². The highest BCUT2D eigenvalue weighted by atomic mass is 35.5. The van der Waals surface area contributed by atoms with Gasteiger partial charge in [0.2, 0.25) is 0 Å². The van der Waals surface area contributed by atoms with Gasteiger partial charge in [0.05, 0.1) is 11.1 Å². The minimum Gasteiger partial charge on any atom is -0.404 e. The summed E-state index contributed by atoms with van der Waals surface area (Å²) in [5, 5.41) is 1.65. The van der Waals surface area contributed by atoms with E-state index >= 15 is 0 Å². The molecule has 0 bridgehead atoms. The van der Waals surface area contributed by atoms with E-state index in [1.807, 2.05) is 36.4 Å². The van der Waals surface area contributed by atoms with Gasteiger partial charge in [0.1, 0.15) is 18.8 Å². The number of hydrogen-bond donors (Lipinski definition) is 0. The Kier molecular flexibility index (Phi) is 3.90. The van der Waals surface area contributed by atoms with Crippen LogP contribution < -0.4 is 10.1 Å². The van der Waals surface area contributed by atoms with Gasteiger partial charge in [0, 0.05) is 10.9 Å². The van der Waals surface area contributed by atoms with E-state index < -0.39 is 0 Å². The van der Waals surface area contributed by atoms with Gasteiger partial charge in [0.15, 0.2) is 13.1 Å². The van der Waals surface area contributed by atoms with Crippen molar-refractivity contribution in [3.8, 4) is 11.1 Å². The fraction of sp³-hybridized carbons (Fsp3) is 0.211. The zero-order valence-electron chi connectivity index (χ0n) is 12.7. The predicted molar refractivity (Wildman–Crippen MR) is 92.5 cm³/mol. The molecular formula is C19H17ClNO2+. The van der Waals surface area contributed by atoms with Crippen molar-refractivity contribution in [3.05, 3.63) is 65.2 Å². The van der Waals surface area contributed by atoms with Gasteiger partial charge in [-0.25, -0.2) is 0 Å². The highest BCUT2D eigenvalue weighted by Gasteiger charge is 2.16. The lowest BCUT2D eigenvalue weighted by Gasteiger charge is -2.11. The van der Waals surface area contributed by atoms with Crippen LogP contribution in [0.15, 0.2) is 59.0 Å². The number of fused-ring (bicyclic) bond motifs is 1. The molecule has 0 spiro atoms. The molecule has 0 atom stereocenters. The lowest BCUT2D eigenvalue weighted by atomic mass is 10.0. The molecule has 0 aliphatic carbocycles. The number of ether oxygens (including phenoxy) is 1. The number of benzene rings is 2. The SMILES string of the molecule is Clc1cc(=[N+]2CCOCC2)oc2c(-c3ccccc3)cccc12. The molecule has 116 valence electrons. The Balaban J connectivity index is 2.01. The topological polar surface area (TPSA) is 25.4 Å². The first-order valence-electron chi connectivity index (χ1n) is 7.76. The molecular weight excluding hydrogens is 310 g/mol. The van der Waals surface area contributed by atoms with Crippen LogP contribution in [-0.2, 0) is 4.74 Å². The smallest absolute Gasteiger partial charge is 0.369 e. The molecule has 4 rings (SSSR count). The van der Waals surface area contributed by atoms with Crippen molar-refractivity contribution in [1.29, 1.82) is 0 Å². The second-order valence-electron chi connectivity index (χ2n) is 5.58. The van der Waals surface area contributed by atoms with E-state index in [1.165, 1.54) is 0 Å². The van der Waals surface area contributed by atoms with E-state index in [9.17, 15) is 0 Å². The van der Waals surface area contributed by atoms with Crippen molar-refractivity contribution in [2.45, 2.75) is 0 Å². The average molecular weight is 327 g/mol. The van der Waals surface area contributed by atoms with E-state index in [-0.39, 0.29) is 0 Å². The molecule has 0 radical (unpaired) electrons. The average Bonchev–Trinajstić information content (AvgIpc) is 2.63. The first kappa shape index (κ1) is 14.5. The van der Waals surface area contributed by atoms with Gasteiger partial charge in [-0.1, -0.05) is 54.1 Å². The second kappa shape index (κ2) is 6.19. The molecule has 23 heavy (non-hydrogen) atoms. The normalized spacial score (nSPS) is 15.1. The van der Waals surface area contributed by atoms with Crippen molar-refractivity contribution in [1.82, 2.24) is 4.58 Å². The number of rotatable bonds is 1. The molecule has 0 amide bonds. The van der Waals surface area contributed by atoms with Crippen molar-refractivity contribution in [2.24, 2.45) is 0 Å². The number of halogens is 1. The van der Waals surface area contributed by atoms with E-state index in [0.29, 0.717) is 18.2 Å². The summed E-state index contributed by atoms with van der Waals surface area (Å²) in [5.74, 6) is 0. The van der Waals surface area contributed by atoms with Crippen LogP contribution in [0.3, 0.4) is 0 Å². The van der Waals surface area contributed by atoms with E-state index in [4.69, 9.17) is 20.8 Å². The summed E-state index contributed by atoms with van der Waals surface area (Å²) in [7, 11) is 0. The summed E-state index contributed by atoms with van der Waals surface area (Å²) in [6, 6.07) is 18.2. The predicted octanol–water partition coefficient (Wildman–Crippen LogP) is 3.56. The summed E-state index contributed by atoms with van der Waals surface area (Å²) in [6.45, 7) is 3.06. The Morgan fingerprint density at radius 2 is 1.70 bits per heavy atom. The van der Waals surface area contributed by atoms with Crippen LogP contribution in [0.1, 0.15) is 0 Å². The fourth-order valence-corrected chi connectivity index (χ4v) is 3.18. The Morgan fingerprint density at radius 3 is 2.48 bits per heavy atom. The monoisotopic (exact) mass is 326 g/mol. The van der Waals surface area contributed by atoms with Gasteiger partial charge in [-0.05, 0) is 11.6 Å². The van der Waals surface area contributed by atoms with Gasteiger partial charge < -0.3 is 9.15 Å². The largest absolute Gasteiger partial charge is 0.404 e. The lowest BCUT2D eigenvalue weighted by molar-refractivity contribution is 0.0927. The number of para-hydroxylation sites is 1. The summed E-state index contributed by atoms with van der Waals surface area (Å²) in [5.41, 5.74) is 3.80. The fourth-order valence-electron chi connectivity index (χ4n) is 2.94. The minimum absolute atomic E-state index is 0.713. The second-order valence-corrected chi connectivity index (χ2v) is 5.99. The van der Waals surface area contributed by atoms with Crippen LogP contribution in [0.25, 0.3) is 22.1 Å². The zero-order chi connectivity index (χ0) is 15.6. The third-order valence-electron chi connectivity index (χ3n) is 4.14. The van der Waals surface area contributed by atoms with Crippen LogP contribution in [-0.4, -0.2) is 26.3 Å². The van der Waals surface area contributed by atoms with Crippen LogP contribution in [0.5, 0.6) is 0 Å². The molecule has 1 aliphatic heterocycles. The third-order valence-corrected chi connectivity index (χ3v) is 4.45. The van der Waals surface area contributed by atoms with Gasteiger partial charge in [-0.2, -0.15) is 4.58 Å². The van der Waals surface area contributed by atoms with Crippen LogP contribution in [0, 0.1) is 0 Å². The number of hydrogen-bond acceptors (Lipinski definition) is 2.